The first-order valence-corrected chi connectivity index (χ1v) is 11.7. The first-order chi connectivity index (χ1) is 17.3. The smallest absolute Gasteiger partial charge is 0.269 e. The number of anilines is 2. The van der Waals surface area contributed by atoms with Gasteiger partial charge in [0.15, 0.2) is 0 Å². The molecule has 1 fully saturated rings. The molecule has 8 nitrogen and oxygen atoms in total. The molecule has 0 saturated carbocycles. The maximum Gasteiger partial charge on any atom is 0.269 e. The number of benzene rings is 3. The van der Waals surface area contributed by atoms with Crippen molar-refractivity contribution in [3.05, 3.63) is 110 Å². The molecule has 0 aliphatic carbocycles. The Labute approximate surface area is 214 Å². The van der Waals surface area contributed by atoms with Crippen molar-refractivity contribution in [1.82, 2.24) is 0 Å². The van der Waals surface area contributed by atoms with E-state index in [0.29, 0.717) is 16.3 Å². The molecule has 3 aromatic rings. The summed E-state index contributed by atoms with van der Waals surface area (Å²) in [4.78, 5) is 38.4. The third-order valence-corrected chi connectivity index (χ3v) is 6.75. The van der Waals surface area contributed by atoms with Gasteiger partial charge in [-0.25, -0.2) is 4.39 Å². The van der Waals surface area contributed by atoms with Crippen LogP contribution in [0.25, 0.3) is 0 Å². The van der Waals surface area contributed by atoms with Crippen molar-refractivity contribution in [2.45, 2.75) is 11.7 Å². The number of rotatable bonds is 6. The van der Waals surface area contributed by atoms with E-state index in [9.17, 15) is 29.4 Å². The molecule has 0 aromatic heterocycles. The number of nitro groups is 1. The van der Waals surface area contributed by atoms with Gasteiger partial charge in [0.25, 0.3) is 11.6 Å². The van der Waals surface area contributed by atoms with Gasteiger partial charge in [-0.3, -0.25) is 24.6 Å². The fourth-order valence-corrected chi connectivity index (χ4v) is 4.98. The Morgan fingerprint density at radius 3 is 2.50 bits per heavy atom. The van der Waals surface area contributed by atoms with Crippen LogP contribution in [0.15, 0.2) is 83.4 Å². The Kier molecular flexibility index (Phi) is 7.33. The van der Waals surface area contributed by atoms with Crippen molar-refractivity contribution in [3.8, 4) is 6.07 Å². The topological polar surface area (TPSA) is 116 Å². The minimum Gasteiger partial charge on any atom is -0.321 e. The molecule has 2 amide bonds. The van der Waals surface area contributed by atoms with E-state index in [0.717, 1.165) is 23.9 Å². The summed E-state index contributed by atoms with van der Waals surface area (Å²) in [5, 5.41) is 23.4. The molecule has 1 aliphatic heterocycles. The highest BCUT2D eigenvalue weighted by Crippen LogP contribution is 2.42. The molecule has 180 valence electrons. The molecule has 0 bridgehead atoms. The van der Waals surface area contributed by atoms with Gasteiger partial charge in [-0.2, -0.15) is 5.26 Å². The molecule has 1 N–H and O–H groups in total. The van der Waals surface area contributed by atoms with Gasteiger partial charge in [-0.15, -0.1) is 0 Å². The first kappa shape index (κ1) is 24.9. The van der Waals surface area contributed by atoms with Crippen LogP contribution in [0, 0.1) is 27.3 Å². The Bertz CT molecular complexity index is 1420. The molecule has 1 aliphatic rings. The Morgan fingerprint density at radius 1 is 1.17 bits per heavy atom. The number of nitrogens with one attached hydrogen (secondary N) is 1. The maximum absolute atomic E-state index is 13.5. The zero-order valence-corrected chi connectivity index (χ0v) is 19.9. The third kappa shape index (κ3) is 5.38. The van der Waals surface area contributed by atoms with E-state index in [-0.39, 0.29) is 28.4 Å². The van der Waals surface area contributed by atoms with Gasteiger partial charge in [-0.05, 0) is 60.5 Å². The number of nitro benzene ring substituents is 1. The minimum absolute atomic E-state index is 0.107. The van der Waals surface area contributed by atoms with E-state index in [4.69, 9.17) is 11.6 Å². The predicted molar refractivity (Wildman–Crippen MR) is 135 cm³/mol. The third-order valence-electron chi connectivity index (χ3n) is 5.23. The Hall–Kier alpha value is -4.20. The number of carbonyl (C=O) groups excluding carboxylic acids is 2. The summed E-state index contributed by atoms with van der Waals surface area (Å²) in [7, 11) is 0. The zero-order chi connectivity index (χ0) is 25.8. The van der Waals surface area contributed by atoms with Crippen LogP contribution in [0.1, 0.15) is 5.56 Å². The number of hydrogen-bond donors (Lipinski definition) is 1. The normalized spacial score (nSPS) is 16.4. The second-order valence-electron chi connectivity index (χ2n) is 7.64. The predicted octanol–water partition coefficient (Wildman–Crippen LogP) is 5.45. The highest BCUT2D eigenvalue weighted by Gasteiger charge is 2.41. The number of non-ortho nitro benzene ring substituents is 1. The summed E-state index contributed by atoms with van der Waals surface area (Å²) in [6.07, 6.45) is 0.136. The van der Waals surface area contributed by atoms with Gasteiger partial charge >= 0.3 is 0 Å². The largest absolute Gasteiger partial charge is 0.321 e. The van der Waals surface area contributed by atoms with Gasteiger partial charge in [0, 0.05) is 28.5 Å². The molecule has 0 radical (unpaired) electrons. The van der Waals surface area contributed by atoms with Crippen LogP contribution in [-0.2, 0) is 16.0 Å². The van der Waals surface area contributed by atoms with Crippen molar-refractivity contribution in [3.63, 3.8) is 0 Å². The summed E-state index contributed by atoms with van der Waals surface area (Å²) in [5.74, 6) is -1.65. The number of amides is 2. The van der Waals surface area contributed by atoms with Crippen LogP contribution in [0.2, 0.25) is 5.02 Å². The van der Waals surface area contributed by atoms with E-state index in [1.165, 1.54) is 35.2 Å². The van der Waals surface area contributed by atoms with Gasteiger partial charge in [-0.1, -0.05) is 35.5 Å². The van der Waals surface area contributed by atoms with E-state index in [1.807, 2.05) is 6.07 Å². The quantitative estimate of drug-likeness (QED) is 0.199. The molecule has 4 rings (SSSR count). The molecule has 11 heteroatoms. The van der Waals surface area contributed by atoms with Crippen LogP contribution >= 0.6 is 23.4 Å². The molecule has 1 saturated heterocycles. The number of hydrogen-bond acceptors (Lipinski definition) is 6. The summed E-state index contributed by atoms with van der Waals surface area (Å²) < 4.78 is 13.2. The first-order valence-electron chi connectivity index (χ1n) is 10.5. The molecular formula is C25H16ClFN4O4S. The fourth-order valence-electron chi connectivity index (χ4n) is 3.55. The van der Waals surface area contributed by atoms with E-state index < -0.39 is 27.8 Å². The second-order valence-corrected chi connectivity index (χ2v) is 9.27. The van der Waals surface area contributed by atoms with Crippen LogP contribution in [0.4, 0.5) is 21.5 Å². The molecule has 1 atom stereocenters. The lowest BCUT2D eigenvalue weighted by Gasteiger charge is -2.19. The van der Waals surface area contributed by atoms with Crippen LogP contribution in [0.3, 0.4) is 0 Å². The lowest BCUT2D eigenvalue weighted by atomic mass is 10.1. The minimum atomic E-state index is -0.769. The summed E-state index contributed by atoms with van der Waals surface area (Å²) in [6, 6.07) is 19.2. The lowest BCUT2D eigenvalue weighted by molar-refractivity contribution is -0.384. The van der Waals surface area contributed by atoms with Crippen molar-refractivity contribution in [2.75, 3.05) is 10.2 Å². The Morgan fingerprint density at radius 2 is 1.86 bits per heavy atom. The average Bonchev–Trinajstić information content (AvgIpc) is 3.17. The fraction of sp³-hybridized carbons (Fsp3) is 0.0800. The van der Waals surface area contributed by atoms with Crippen molar-refractivity contribution in [2.24, 2.45) is 0 Å². The lowest BCUT2D eigenvalue weighted by Crippen LogP contribution is -2.30. The molecule has 0 spiro atoms. The monoisotopic (exact) mass is 522 g/mol. The van der Waals surface area contributed by atoms with Crippen LogP contribution < -0.4 is 10.2 Å². The molecule has 3 aromatic carbocycles. The number of nitrogens with zero attached hydrogens (tertiary/aromatic N) is 3. The number of nitriles is 1. The van der Waals surface area contributed by atoms with E-state index in [1.54, 1.807) is 30.3 Å². The second kappa shape index (κ2) is 10.6. The zero-order valence-electron chi connectivity index (χ0n) is 18.4. The average molecular weight is 523 g/mol. The van der Waals surface area contributed by atoms with Crippen molar-refractivity contribution >= 4 is 52.2 Å². The molecule has 36 heavy (non-hydrogen) atoms. The molecular weight excluding hydrogens is 507 g/mol. The number of thioether (sulfide) groups is 1. The molecule has 1 unspecified atom stereocenters. The highest BCUT2D eigenvalue weighted by molar-refractivity contribution is 8.05. The Balaban J connectivity index is 1.72. The van der Waals surface area contributed by atoms with Gasteiger partial charge in [0.05, 0.1) is 10.2 Å². The number of halogens is 2. The maximum atomic E-state index is 13.5. The van der Waals surface area contributed by atoms with E-state index >= 15 is 0 Å². The number of carbonyl (C=O) groups is 2. The standard InChI is InChI=1S/C25H16ClFN4O4S/c26-16-4-10-19(11-5-16)30-24(33)22(13-15-2-1-3-20(12-15)31(34)35)36-25(30)21(14-28)23(32)29-18-8-6-17(27)7-9-18/h1-12,22H,13H2,(H,29,32)/b25-21+. The van der Waals surface area contributed by atoms with Gasteiger partial charge in [0.2, 0.25) is 5.91 Å². The van der Waals surface area contributed by atoms with Gasteiger partial charge in [0.1, 0.15) is 22.5 Å². The van der Waals surface area contributed by atoms with E-state index in [2.05, 4.69) is 5.32 Å². The van der Waals surface area contributed by atoms with Gasteiger partial charge < -0.3 is 5.32 Å². The molecule has 1 heterocycles. The highest BCUT2D eigenvalue weighted by atomic mass is 35.5. The van der Waals surface area contributed by atoms with Crippen LogP contribution in [-0.4, -0.2) is 22.0 Å². The SMILES string of the molecule is N#C/C(C(=O)Nc1ccc(F)cc1)=C1\SC(Cc2cccc([N+](=O)[O-])c2)C(=O)N1c1ccc(Cl)cc1. The van der Waals surface area contributed by atoms with Crippen LogP contribution in [0.5, 0.6) is 0 Å². The summed E-state index contributed by atoms with van der Waals surface area (Å²) >= 11 is 7.01. The summed E-state index contributed by atoms with van der Waals surface area (Å²) in [5.41, 5.74) is 0.812. The summed E-state index contributed by atoms with van der Waals surface area (Å²) in [6.45, 7) is 0. The van der Waals surface area contributed by atoms with Crippen molar-refractivity contribution in [1.29, 1.82) is 5.26 Å². The van der Waals surface area contributed by atoms with Crippen molar-refractivity contribution < 1.29 is 18.9 Å².